The third-order valence-electron chi connectivity index (χ3n) is 17.4. The highest BCUT2D eigenvalue weighted by atomic mass is 15.2. The number of para-hydroxylation sites is 5. The molecule has 88 heavy (non-hydrogen) atoms. The molecular weight excluding hydrogens is 1070 g/mol. The van der Waals surface area contributed by atoms with Crippen LogP contribution in [0.25, 0.3) is 167 Å². The lowest BCUT2D eigenvalue weighted by molar-refractivity contribution is 0.953. The highest BCUT2D eigenvalue weighted by molar-refractivity contribution is 6.21. The lowest BCUT2D eigenvalue weighted by Gasteiger charge is -2.13. The summed E-state index contributed by atoms with van der Waals surface area (Å²) in [7, 11) is 0. The number of benzene rings is 12. The van der Waals surface area contributed by atoms with E-state index >= 15 is 0 Å². The van der Waals surface area contributed by atoms with E-state index in [0.717, 1.165) is 127 Å². The maximum absolute atomic E-state index is 5.51. The standard InChI is InChI=1S/C79H49N9/c1-5-22-51(23-6-1)66-47-67(81-78(80-66)87-70-38-19-15-34-60(70)64-45-62-58-32-13-17-36-68(58)85(72(62)48-74(64)87)56-29-11-4-12-30-56)52-42-40-50(41-43-52)55-28-21-31-57(44-55)86-69-37-18-14-33-59(69)63-46-65-61-35-16-20-39-71(61)88(75(65)49-73(63)86)79-83-76(53-24-7-2-8-25-53)82-77(84-79)54-26-9-3-10-27-54/h1-49H. The molecule has 0 aliphatic rings. The summed E-state index contributed by atoms with van der Waals surface area (Å²) in [5, 5.41) is 9.28. The van der Waals surface area contributed by atoms with Gasteiger partial charge in [0.05, 0.1) is 55.5 Å². The summed E-state index contributed by atoms with van der Waals surface area (Å²) in [5.74, 6) is 2.38. The van der Waals surface area contributed by atoms with Crippen LogP contribution in [-0.4, -0.2) is 43.2 Å². The molecule has 0 N–H and O–H groups in total. The van der Waals surface area contributed by atoms with Crippen molar-refractivity contribution >= 4 is 87.2 Å². The van der Waals surface area contributed by atoms with Crippen molar-refractivity contribution in [1.29, 1.82) is 0 Å². The second-order valence-corrected chi connectivity index (χ2v) is 22.5. The van der Waals surface area contributed by atoms with Gasteiger partial charge >= 0.3 is 0 Å². The third kappa shape index (κ3) is 7.84. The molecule has 6 aromatic heterocycles. The molecule has 0 atom stereocenters. The largest absolute Gasteiger partial charge is 0.309 e. The molecular formula is C79H49N9. The zero-order chi connectivity index (χ0) is 57.8. The molecule has 0 spiro atoms. The lowest BCUT2D eigenvalue weighted by atomic mass is 10.0. The van der Waals surface area contributed by atoms with Crippen molar-refractivity contribution in [3.8, 4) is 79.7 Å². The van der Waals surface area contributed by atoms with Crippen LogP contribution < -0.4 is 0 Å². The SMILES string of the molecule is c1ccc(-c2cc(-c3ccc(-c4cccc(-n5c6ccccc6c6cc7c8ccccc8n(-c8nc(-c9ccccc9)nc(-c9ccccc9)n8)c7cc65)c4)cc3)nc(-n3c4ccccc4c4cc5c6ccccc6n(-c6ccccc6)c5cc43)n2)cc1. The smallest absolute Gasteiger partial charge is 0.238 e. The maximum atomic E-state index is 5.51. The Hall–Kier alpha value is -12.1. The van der Waals surface area contributed by atoms with Gasteiger partial charge in [0, 0.05) is 76.7 Å². The average molecular weight is 1120 g/mol. The van der Waals surface area contributed by atoms with E-state index in [1.807, 2.05) is 42.5 Å². The van der Waals surface area contributed by atoms with Crippen molar-refractivity contribution in [1.82, 2.24) is 43.2 Å². The van der Waals surface area contributed by atoms with Gasteiger partial charge in [0.15, 0.2) is 11.6 Å². The Labute approximate surface area is 504 Å². The lowest BCUT2D eigenvalue weighted by Crippen LogP contribution is -2.06. The quantitative estimate of drug-likeness (QED) is 0.144. The molecule has 18 rings (SSSR count). The first kappa shape index (κ1) is 49.4. The molecule has 9 nitrogen and oxygen atoms in total. The molecule has 0 saturated carbocycles. The van der Waals surface area contributed by atoms with Gasteiger partial charge in [-0.15, -0.1) is 0 Å². The average Bonchev–Trinajstić information content (AvgIpc) is 1.63. The predicted molar refractivity (Wildman–Crippen MR) is 360 cm³/mol. The van der Waals surface area contributed by atoms with Gasteiger partial charge in [0.1, 0.15) is 0 Å². The first-order valence-electron chi connectivity index (χ1n) is 29.7. The fourth-order valence-electron chi connectivity index (χ4n) is 13.4. The topological polar surface area (TPSA) is 84.2 Å². The fourth-order valence-corrected chi connectivity index (χ4v) is 13.4. The second kappa shape index (κ2) is 19.8. The highest BCUT2D eigenvalue weighted by Crippen LogP contribution is 2.43. The van der Waals surface area contributed by atoms with Gasteiger partial charge in [0.25, 0.3) is 0 Å². The Kier molecular flexibility index (Phi) is 11.1. The van der Waals surface area contributed by atoms with Crippen LogP contribution in [0.2, 0.25) is 0 Å². The molecule has 0 radical (unpaired) electrons. The molecule has 0 saturated heterocycles. The summed E-state index contributed by atoms with van der Waals surface area (Å²) in [6.45, 7) is 0. The monoisotopic (exact) mass is 1120 g/mol. The summed E-state index contributed by atoms with van der Waals surface area (Å²) in [5.41, 5.74) is 18.4. The van der Waals surface area contributed by atoms with Gasteiger partial charge in [-0.25, -0.2) is 15.0 Å². The Bertz CT molecular complexity index is 5730. The summed E-state index contributed by atoms with van der Waals surface area (Å²) < 4.78 is 9.24. The van der Waals surface area contributed by atoms with Crippen LogP contribution in [0, 0.1) is 0 Å². The van der Waals surface area contributed by atoms with Gasteiger partial charge in [-0.1, -0.05) is 218 Å². The molecule has 0 aliphatic heterocycles. The number of hydrogen-bond acceptors (Lipinski definition) is 5. The molecule has 0 amide bonds. The van der Waals surface area contributed by atoms with Crippen LogP contribution >= 0.6 is 0 Å². The van der Waals surface area contributed by atoms with E-state index in [0.29, 0.717) is 23.5 Å². The zero-order valence-electron chi connectivity index (χ0n) is 47.3. The minimum Gasteiger partial charge on any atom is -0.309 e. The van der Waals surface area contributed by atoms with Crippen molar-refractivity contribution < 1.29 is 0 Å². The first-order chi connectivity index (χ1) is 43.6. The molecule has 9 heteroatoms. The summed E-state index contributed by atoms with van der Waals surface area (Å²) >= 11 is 0. The fraction of sp³-hybridized carbons (Fsp3) is 0. The summed E-state index contributed by atoms with van der Waals surface area (Å²) in [6, 6.07) is 105. The zero-order valence-corrected chi connectivity index (χ0v) is 47.3. The van der Waals surface area contributed by atoms with Crippen LogP contribution in [0.1, 0.15) is 0 Å². The number of nitrogens with zero attached hydrogens (tertiary/aromatic N) is 9. The Morgan fingerprint density at radius 1 is 0.182 bits per heavy atom. The van der Waals surface area contributed by atoms with Gasteiger partial charge < -0.3 is 9.13 Å². The molecule has 0 unspecified atom stereocenters. The van der Waals surface area contributed by atoms with Crippen LogP contribution in [0.4, 0.5) is 0 Å². The maximum Gasteiger partial charge on any atom is 0.238 e. The van der Waals surface area contributed by atoms with Gasteiger partial charge in [0.2, 0.25) is 11.9 Å². The molecule has 12 aromatic carbocycles. The van der Waals surface area contributed by atoms with E-state index in [-0.39, 0.29) is 0 Å². The Balaban J connectivity index is 0.773. The van der Waals surface area contributed by atoms with Gasteiger partial charge in [-0.3, -0.25) is 9.13 Å². The van der Waals surface area contributed by atoms with Crippen molar-refractivity contribution in [3.05, 3.63) is 297 Å². The minimum atomic E-state index is 0.553. The highest BCUT2D eigenvalue weighted by Gasteiger charge is 2.24. The Morgan fingerprint density at radius 3 is 1.00 bits per heavy atom. The molecule has 18 aromatic rings. The van der Waals surface area contributed by atoms with E-state index in [1.165, 1.54) is 16.2 Å². The number of hydrogen-bond donors (Lipinski definition) is 0. The van der Waals surface area contributed by atoms with Crippen LogP contribution in [-0.2, 0) is 0 Å². The summed E-state index contributed by atoms with van der Waals surface area (Å²) in [6.07, 6.45) is 0. The van der Waals surface area contributed by atoms with Crippen molar-refractivity contribution in [2.45, 2.75) is 0 Å². The minimum absolute atomic E-state index is 0.553. The van der Waals surface area contributed by atoms with Gasteiger partial charge in [-0.2, -0.15) is 9.97 Å². The van der Waals surface area contributed by atoms with Crippen molar-refractivity contribution in [3.63, 3.8) is 0 Å². The second-order valence-electron chi connectivity index (χ2n) is 22.5. The van der Waals surface area contributed by atoms with Crippen molar-refractivity contribution in [2.24, 2.45) is 0 Å². The number of rotatable bonds is 9. The van der Waals surface area contributed by atoms with E-state index in [2.05, 4.69) is 273 Å². The van der Waals surface area contributed by atoms with E-state index in [1.54, 1.807) is 0 Å². The summed E-state index contributed by atoms with van der Waals surface area (Å²) in [4.78, 5) is 26.5. The normalized spacial score (nSPS) is 11.9. The van der Waals surface area contributed by atoms with Crippen LogP contribution in [0.15, 0.2) is 297 Å². The van der Waals surface area contributed by atoms with E-state index in [9.17, 15) is 0 Å². The molecule has 0 fully saturated rings. The molecule has 0 aliphatic carbocycles. The Morgan fingerprint density at radius 2 is 0.523 bits per heavy atom. The van der Waals surface area contributed by atoms with E-state index < -0.39 is 0 Å². The molecule has 6 heterocycles. The van der Waals surface area contributed by atoms with Gasteiger partial charge in [-0.05, 0) is 90.0 Å². The van der Waals surface area contributed by atoms with Crippen molar-refractivity contribution in [2.75, 3.05) is 0 Å². The predicted octanol–water partition coefficient (Wildman–Crippen LogP) is 19.4. The number of aromatic nitrogens is 9. The number of fused-ring (bicyclic) bond motifs is 12. The third-order valence-corrected chi connectivity index (χ3v) is 17.4. The molecule has 0 bridgehead atoms. The molecule has 410 valence electrons. The van der Waals surface area contributed by atoms with Crippen LogP contribution in [0.3, 0.4) is 0 Å². The van der Waals surface area contributed by atoms with Crippen LogP contribution in [0.5, 0.6) is 0 Å². The van der Waals surface area contributed by atoms with E-state index in [4.69, 9.17) is 24.9 Å². The first-order valence-corrected chi connectivity index (χ1v) is 29.7.